The van der Waals surface area contributed by atoms with E-state index in [9.17, 15) is 0 Å². The smallest absolute Gasteiger partial charge is 0.148 e. The summed E-state index contributed by atoms with van der Waals surface area (Å²) in [6.07, 6.45) is 3.27. The molecule has 18 heavy (non-hydrogen) atoms. The molecular formula is C13H9N5. The van der Waals surface area contributed by atoms with Crippen molar-refractivity contribution < 1.29 is 0 Å². The Hall–Kier alpha value is -2.87. The quantitative estimate of drug-likeness (QED) is 0.653. The number of benzene rings is 1. The number of nitrogens with two attached hydrogens (primary N) is 1. The summed E-state index contributed by atoms with van der Waals surface area (Å²) in [4.78, 5) is 8.43. The lowest BCUT2D eigenvalue weighted by atomic mass is 10.2. The van der Waals surface area contributed by atoms with E-state index in [2.05, 4.69) is 16.0 Å². The maximum atomic E-state index is 9.05. The van der Waals surface area contributed by atoms with Gasteiger partial charge in [0.25, 0.3) is 0 Å². The second-order valence-electron chi connectivity index (χ2n) is 3.85. The van der Waals surface area contributed by atoms with E-state index in [1.54, 1.807) is 29.0 Å². The molecule has 3 rings (SSSR count). The van der Waals surface area contributed by atoms with E-state index < -0.39 is 0 Å². The Morgan fingerprint density at radius 2 is 2.11 bits per heavy atom. The first-order valence-corrected chi connectivity index (χ1v) is 5.37. The zero-order chi connectivity index (χ0) is 12.5. The van der Waals surface area contributed by atoms with E-state index >= 15 is 0 Å². The molecule has 0 amide bonds. The molecule has 1 aromatic carbocycles. The lowest BCUT2D eigenvalue weighted by Gasteiger charge is -2.07. The van der Waals surface area contributed by atoms with Crippen LogP contribution in [0.15, 0.2) is 42.9 Å². The number of fused-ring (bicyclic) bond motifs is 1. The Kier molecular flexibility index (Phi) is 2.21. The number of rotatable bonds is 1. The molecule has 0 unspecified atom stereocenters. The largest absolute Gasteiger partial charge is 0.399 e. The summed E-state index contributed by atoms with van der Waals surface area (Å²) >= 11 is 0. The SMILES string of the molecule is N#Cc1cccn1-c1ncnc2cc(N)ccc12. The standard InChI is InChI=1S/C13H9N5/c14-7-10-2-1-5-18(10)13-11-4-3-9(15)6-12(11)16-8-17-13/h1-6,8H,15H2. The van der Waals surface area contributed by atoms with Gasteiger partial charge in [0.05, 0.1) is 5.52 Å². The summed E-state index contributed by atoms with van der Waals surface area (Å²) in [6, 6.07) is 11.1. The van der Waals surface area contributed by atoms with Gasteiger partial charge in [-0.15, -0.1) is 0 Å². The minimum Gasteiger partial charge on any atom is -0.399 e. The first kappa shape index (κ1) is 10.3. The van der Waals surface area contributed by atoms with E-state index in [1.165, 1.54) is 6.33 Å². The Bertz CT molecular complexity index is 766. The first-order valence-electron chi connectivity index (χ1n) is 5.37. The molecule has 2 heterocycles. The van der Waals surface area contributed by atoms with E-state index in [0.29, 0.717) is 17.2 Å². The summed E-state index contributed by atoms with van der Waals surface area (Å²) in [5, 5.41) is 9.91. The number of hydrogen-bond donors (Lipinski definition) is 1. The lowest BCUT2D eigenvalue weighted by molar-refractivity contribution is 0.989. The molecule has 0 saturated carbocycles. The summed E-state index contributed by atoms with van der Waals surface area (Å²) in [6.45, 7) is 0. The van der Waals surface area contributed by atoms with Gasteiger partial charge in [-0.1, -0.05) is 0 Å². The second kappa shape index (κ2) is 3.86. The first-order chi connectivity index (χ1) is 8.79. The van der Waals surface area contributed by atoms with Crippen LogP contribution in [-0.2, 0) is 0 Å². The van der Waals surface area contributed by atoms with Crippen LogP contribution in [-0.4, -0.2) is 14.5 Å². The fraction of sp³-hybridized carbons (Fsp3) is 0. The van der Waals surface area contributed by atoms with Crippen LogP contribution in [0.4, 0.5) is 5.69 Å². The van der Waals surface area contributed by atoms with Gasteiger partial charge in [0.15, 0.2) is 0 Å². The van der Waals surface area contributed by atoms with Gasteiger partial charge >= 0.3 is 0 Å². The van der Waals surface area contributed by atoms with Gasteiger partial charge in [-0.2, -0.15) is 5.26 Å². The number of nitriles is 1. The molecule has 0 atom stereocenters. The van der Waals surface area contributed by atoms with Crippen molar-refractivity contribution in [2.75, 3.05) is 5.73 Å². The molecule has 0 radical (unpaired) electrons. The molecule has 0 aliphatic carbocycles. The molecule has 5 heteroatoms. The summed E-state index contributed by atoms with van der Waals surface area (Å²) in [7, 11) is 0. The van der Waals surface area contributed by atoms with Crippen LogP contribution in [0.2, 0.25) is 0 Å². The molecule has 0 saturated heterocycles. The minimum atomic E-state index is 0.534. The number of nitrogens with zero attached hydrogens (tertiary/aromatic N) is 4. The molecular weight excluding hydrogens is 226 g/mol. The second-order valence-corrected chi connectivity index (χ2v) is 3.85. The molecule has 2 aromatic heterocycles. The Balaban J connectivity index is 2.34. The van der Waals surface area contributed by atoms with Crippen molar-refractivity contribution in [3.05, 3.63) is 48.5 Å². The summed E-state index contributed by atoms with van der Waals surface area (Å²) < 4.78 is 1.74. The monoisotopic (exact) mass is 235 g/mol. The van der Waals surface area contributed by atoms with E-state index in [-0.39, 0.29) is 0 Å². The minimum absolute atomic E-state index is 0.534. The predicted molar refractivity (Wildman–Crippen MR) is 68.0 cm³/mol. The average molecular weight is 235 g/mol. The van der Waals surface area contributed by atoms with Crippen molar-refractivity contribution in [1.82, 2.24) is 14.5 Å². The van der Waals surface area contributed by atoms with Gasteiger partial charge in [0.2, 0.25) is 0 Å². The van der Waals surface area contributed by atoms with Gasteiger partial charge in [0.1, 0.15) is 23.9 Å². The average Bonchev–Trinajstić information content (AvgIpc) is 2.85. The fourth-order valence-corrected chi connectivity index (χ4v) is 1.91. The molecule has 3 aromatic rings. The van der Waals surface area contributed by atoms with Crippen molar-refractivity contribution in [2.45, 2.75) is 0 Å². The Labute approximate surface area is 103 Å². The van der Waals surface area contributed by atoms with E-state index in [0.717, 1.165) is 10.9 Å². The van der Waals surface area contributed by atoms with Crippen LogP contribution in [0, 0.1) is 11.3 Å². The van der Waals surface area contributed by atoms with Crippen LogP contribution >= 0.6 is 0 Å². The lowest BCUT2D eigenvalue weighted by Crippen LogP contribution is -2.00. The third kappa shape index (κ3) is 1.48. The molecule has 0 aliphatic heterocycles. The third-order valence-electron chi connectivity index (χ3n) is 2.73. The van der Waals surface area contributed by atoms with Gasteiger partial charge in [-0.25, -0.2) is 9.97 Å². The van der Waals surface area contributed by atoms with Crippen molar-refractivity contribution in [2.24, 2.45) is 0 Å². The van der Waals surface area contributed by atoms with E-state index in [1.807, 2.05) is 12.1 Å². The predicted octanol–water partition coefficient (Wildman–Crippen LogP) is 1.87. The summed E-state index contributed by atoms with van der Waals surface area (Å²) in [5.74, 6) is 0.682. The molecule has 0 bridgehead atoms. The molecule has 0 fully saturated rings. The van der Waals surface area contributed by atoms with Crippen LogP contribution in [0.5, 0.6) is 0 Å². The van der Waals surface area contributed by atoms with Crippen LogP contribution in [0.1, 0.15) is 5.69 Å². The summed E-state index contributed by atoms with van der Waals surface area (Å²) in [5.41, 5.74) is 7.68. The van der Waals surface area contributed by atoms with Crippen molar-refractivity contribution in [3.8, 4) is 11.9 Å². The van der Waals surface area contributed by atoms with Gasteiger partial charge in [0, 0.05) is 17.3 Å². The highest BCUT2D eigenvalue weighted by Gasteiger charge is 2.08. The van der Waals surface area contributed by atoms with Gasteiger partial charge < -0.3 is 5.73 Å². The Morgan fingerprint density at radius 1 is 1.22 bits per heavy atom. The number of hydrogen-bond acceptors (Lipinski definition) is 4. The van der Waals surface area contributed by atoms with E-state index in [4.69, 9.17) is 11.0 Å². The highest BCUT2D eigenvalue weighted by Crippen LogP contribution is 2.21. The molecule has 5 nitrogen and oxygen atoms in total. The number of nitrogen functional groups attached to an aromatic ring is 1. The highest BCUT2D eigenvalue weighted by atomic mass is 15.1. The van der Waals surface area contributed by atoms with Gasteiger partial charge in [-0.05, 0) is 30.3 Å². The third-order valence-corrected chi connectivity index (χ3v) is 2.73. The van der Waals surface area contributed by atoms with Crippen molar-refractivity contribution in [1.29, 1.82) is 5.26 Å². The zero-order valence-electron chi connectivity index (χ0n) is 9.41. The maximum absolute atomic E-state index is 9.05. The molecule has 86 valence electrons. The van der Waals surface area contributed by atoms with Crippen molar-refractivity contribution in [3.63, 3.8) is 0 Å². The topological polar surface area (TPSA) is 80.5 Å². The Morgan fingerprint density at radius 3 is 2.94 bits per heavy atom. The zero-order valence-corrected chi connectivity index (χ0v) is 9.41. The molecule has 2 N–H and O–H groups in total. The molecule has 0 aliphatic rings. The molecule has 0 spiro atoms. The van der Waals surface area contributed by atoms with Crippen LogP contribution < -0.4 is 5.73 Å². The van der Waals surface area contributed by atoms with Crippen molar-refractivity contribution >= 4 is 16.6 Å². The number of aromatic nitrogens is 3. The van der Waals surface area contributed by atoms with Crippen LogP contribution in [0.3, 0.4) is 0 Å². The number of anilines is 1. The van der Waals surface area contributed by atoms with Crippen LogP contribution in [0.25, 0.3) is 16.7 Å². The van der Waals surface area contributed by atoms with Gasteiger partial charge in [-0.3, -0.25) is 4.57 Å². The fourth-order valence-electron chi connectivity index (χ4n) is 1.91. The highest BCUT2D eigenvalue weighted by molar-refractivity contribution is 5.87. The maximum Gasteiger partial charge on any atom is 0.148 e. The normalized spacial score (nSPS) is 10.4.